The van der Waals surface area contributed by atoms with E-state index in [9.17, 15) is 9.90 Å². The molecule has 1 aliphatic heterocycles. The molecule has 0 bridgehead atoms. The zero-order chi connectivity index (χ0) is 9.73. The van der Waals surface area contributed by atoms with Crippen LogP contribution in [0.2, 0.25) is 0 Å². The van der Waals surface area contributed by atoms with Gasteiger partial charge in [-0.15, -0.1) is 0 Å². The third-order valence-corrected chi connectivity index (χ3v) is 2.30. The van der Waals surface area contributed by atoms with Crippen LogP contribution in [0.1, 0.15) is 26.2 Å². The minimum absolute atomic E-state index is 0.296. The fourth-order valence-corrected chi connectivity index (χ4v) is 1.39. The fourth-order valence-electron chi connectivity index (χ4n) is 1.39. The van der Waals surface area contributed by atoms with Gasteiger partial charge in [0.15, 0.2) is 0 Å². The van der Waals surface area contributed by atoms with Crippen LogP contribution in [0.25, 0.3) is 0 Å². The number of hydrogen-bond donors (Lipinski definition) is 1. The predicted molar refractivity (Wildman–Crippen MR) is 46.3 cm³/mol. The van der Waals surface area contributed by atoms with Crippen molar-refractivity contribution < 1.29 is 19.4 Å². The Bertz CT molecular complexity index is 172. The summed E-state index contributed by atoms with van der Waals surface area (Å²) in [5, 5.41) is 9.91. The molecule has 0 aromatic carbocycles. The monoisotopic (exact) mass is 188 g/mol. The molecule has 1 heterocycles. The van der Waals surface area contributed by atoms with E-state index in [1.807, 2.05) is 0 Å². The van der Waals surface area contributed by atoms with Gasteiger partial charge in [-0.05, 0) is 12.8 Å². The zero-order valence-electron chi connectivity index (χ0n) is 7.91. The minimum Gasteiger partial charge on any atom is -0.466 e. The lowest BCUT2D eigenvalue weighted by Gasteiger charge is -2.31. The first-order valence-corrected chi connectivity index (χ1v) is 4.56. The van der Waals surface area contributed by atoms with Gasteiger partial charge in [0, 0.05) is 26.6 Å². The van der Waals surface area contributed by atoms with Gasteiger partial charge in [-0.25, -0.2) is 0 Å². The van der Waals surface area contributed by atoms with Crippen molar-refractivity contribution >= 4 is 5.97 Å². The van der Waals surface area contributed by atoms with Gasteiger partial charge < -0.3 is 14.6 Å². The summed E-state index contributed by atoms with van der Waals surface area (Å²) in [6.07, 6.45) is 1.78. The molecule has 76 valence electrons. The summed E-state index contributed by atoms with van der Waals surface area (Å²) >= 11 is 0. The predicted octanol–water partition coefficient (Wildman–Crippen LogP) is 0.481. The number of rotatable bonds is 3. The fraction of sp³-hybridized carbons (Fsp3) is 0.889. The van der Waals surface area contributed by atoms with Gasteiger partial charge in [-0.2, -0.15) is 0 Å². The van der Waals surface area contributed by atoms with E-state index in [0.29, 0.717) is 39.1 Å². The second kappa shape index (κ2) is 4.58. The molecule has 0 saturated carbocycles. The van der Waals surface area contributed by atoms with E-state index in [1.165, 1.54) is 6.92 Å². The number of carbonyl (C=O) groups excluding carboxylic acids is 1. The maximum absolute atomic E-state index is 10.5. The van der Waals surface area contributed by atoms with Crippen molar-refractivity contribution in [3.8, 4) is 0 Å². The molecule has 1 saturated heterocycles. The quantitative estimate of drug-likeness (QED) is 0.654. The minimum atomic E-state index is -0.687. The highest BCUT2D eigenvalue weighted by molar-refractivity contribution is 5.65. The molecule has 0 aliphatic carbocycles. The van der Waals surface area contributed by atoms with Gasteiger partial charge in [-0.3, -0.25) is 4.79 Å². The molecule has 13 heavy (non-hydrogen) atoms. The van der Waals surface area contributed by atoms with Crippen molar-refractivity contribution in [1.82, 2.24) is 0 Å². The third-order valence-electron chi connectivity index (χ3n) is 2.30. The van der Waals surface area contributed by atoms with Crippen LogP contribution in [0, 0.1) is 0 Å². The summed E-state index contributed by atoms with van der Waals surface area (Å²) in [5.41, 5.74) is -0.687. The largest absolute Gasteiger partial charge is 0.466 e. The van der Waals surface area contributed by atoms with Crippen LogP contribution < -0.4 is 0 Å². The molecule has 4 nitrogen and oxygen atoms in total. The zero-order valence-corrected chi connectivity index (χ0v) is 7.91. The Morgan fingerprint density at radius 3 is 2.69 bits per heavy atom. The van der Waals surface area contributed by atoms with Crippen LogP contribution >= 0.6 is 0 Å². The lowest BCUT2D eigenvalue weighted by atomic mass is 9.91. The van der Waals surface area contributed by atoms with Crippen molar-refractivity contribution in [3.05, 3.63) is 0 Å². The number of hydrogen-bond acceptors (Lipinski definition) is 4. The first-order chi connectivity index (χ1) is 6.12. The molecular formula is C9H16O4. The van der Waals surface area contributed by atoms with Crippen LogP contribution in [0.4, 0.5) is 0 Å². The lowest BCUT2D eigenvalue weighted by molar-refractivity contribution is -0.143. The molecule has 0 radical (unpaired) electrons. The Labute approximate surface area is 77.8 Å². The van der Waals surface area contributed by atoms with E-state index in [-0.39, 0.29) is 5.97 Å². The summed E-state index contributed by atoms with van der Waals surface area (Å²) in [5.74, 6) is -0.296. The van der Waals surface area contributed by atoms with Crippen molar-refractivity contribution in [1.29, 1.82) is 0 Å². The Hall–Kier alpha value is -0.610. The summed E-state index contributed by atoms with van der Waals surface area (Å²) < 4.78 is 9.89. The van der Waals surface area contributed by atoms with Crippen molar-refractivity contribution in [2.75, 3.05) is 19.8 Å². The van der Waals surface area contributed by atoms with Gasteiger partial charge in [0.2, 0.25) is 0 Å². The molecule has 1 aliphatic rings. The normalized spacial score (nSPS) is 21.1. The first kappa shape index (κ1) is 10.5. The van der Waals surface area contributed by atoms with Crippen LogP contribution in [0.15, 0.2) is 0 Å². The molecule has 4 heteroatoms. The molecule has 0 aromatic rings. The summed E-state index contributed by atoms with van der Waals surface area (Å²) in [6.45, 7) is 2.85. The van der Waals surface area contributed by atoms with E-state index >= 15 is 0 Å². The number of esters is 1. The van der Waals surface area contributed by atoms with Gasteiger partial charge in [0.25, 0.3) is 0 Å². The summed E-state index contributed by atoms with van der Waals surface area (Å²) in [7, 11) is 0. The first-order valence-electron chi connectivity index (χ1n) is 4.56. The van der Waals surface area contributed by atoms with Crippen LogP contribution in [0.5, 0.6) is 0 Å². The van der Waals surface area contributed by atoms with Crippen LogP contribution in [-0.2, 0) is 14.3 Å². The van der Waals surface area contributed by atoms with Crippen LogP contribution in [-0.4, -0.2) is 36.5 Å². The molecule has 0 atom stereocenters. The standard InChI is InChI=1S/C9H16O4/c1-8(10)13-7-4-9(11)2-5-12-6-3-9/h11H,2-7H2,1H3. The summed E-state index contributed by atoms with van der Waals surface area (Å²) in [4.78, 5) is 10.5. The maximum Gasteiger partial charge on any atom is 0.302 e. The number of carbonyl (C=O) groups is 1. The molecule has 1 rings (SSSR count). The highest BCUT2D eigenvalue weighted by Gasteiger charge is 2.29. The molecule has 0 unspecified atom stereocenters. The Morgan fingerprint density at radius 1 is 1.54 bits per heavy atom. The highest BCUT2D eigenvalue weighted by Crippen LogP contribution is 2.23. The molecule has 0 aromatic heterocycles. The van der Waals surface area contributed by atoms with Crippen molar-refractivity contribution in [2.24, 2.45) is 0 Å². The van der Waals surface area contributed by atoms with Gasteiger partial charge in [0.1, 0.15) is 0 Å². The number of aliphatic hydroxyl groups is 1. The Kier molecular flexibility index (Phi) is 3.69. The molecule has 1 N–H and O–H groups in total. The maximum atomic E-state index is 10.5. The smallest absolute Gasteiger partial charge is 0.302 e. The molecule has 1 fully saturated rings. The van der Waals surface area contributed by atoms with Gasteiger partial charge >= 0.3 is 5.97 Å². The van der Waals surface area contributed by atoms with E-state index in [2.05, 4.69) is 0 Å². The van der Waals surface area contributed by atoms with E-state index in [0.717, 1.165) is 0 Å². The van der Waals surface area contributed by atoms with E-state index < -0.39 is 5.60 Å². The summed E-state index contributed by atoms with van der Waals surface area (Å²) in [6, 6.07) is 0. The third kappa shape index (κ3) is 3.74. The lowest BCUT2D eigenvalue weighted by Crippen LogP contribution is -2.37. The second-order valence-corrected chi connectivity index (χ2v) is 3.43. The van der Waals surface area contributed by atoms with E-state index in [4.69, 9.17) is 9.47 Å². The topological polar surface area (TPSA) is 55.8 Å². The molecule has 0 spiro atoms. The van der Waals surface area contributed by atoms with Gasteiger partial charge in [-0.1, -0.05) is 0 Å². The van der Waals surface area contributed by atoms with Crippen molar-refractivity contribution in [2.45, 2.75) is 31.8 Å². The van der Waals surface area contributed by atoms with Crippen molar-refractivity contribution in [3.63, 3.8) is 0 Å². The number of ether oxygens (including phenoxy) is 2. The Morgan fingerprint density at radius 2 is 2.15 bits per heavy atom. The Balaban J connectivity index is 2.21. The van der Waals surface area contributed by atoms with Gasteiger partial charge in [0.05, 0.1) is 12.2 Å². The molecule has 0 amide bonds. The molecular weight excluding hydrogens is 172 g/mol. The average Bonchev–Trinajstić information content (AvgIpc) is 2.04. The highest BCUT2D eigenvalue weighted by atomic mass is 16.5. The SMILES string of the molecule is CC(=O)OCCC1(O)CCOCC1. The average molecular weight is 188 g/mol. The second-order valence-electron chi connectivity index (χ2n) is 3.43. The van der Waals surface area contributed by atoms with Crippen LogP contribution in [0.3, 0.4) is 0 Å². The van der Waals surface area contributed by atoms with E-state index in [1.54, 1.807) is 0 Å².